The molecular formula is C23H22N4O. The van der Waals surface area contributed by atoms with E-state index >= 15 is 0 Å². The predicted molar refractivity (Wildman–Crippen MR) is 112 cm³/mol. The highest BCUT2D eigenvalue weighted by Crippen LogP contribution is 2.33. The molecule has 1 unspecified atom stereocenters. The summed E-state index contributed by atoms with van der Waals surface area (Å²) in [6.07, 6.45) is 2.23. The Balaban J connectivity index is 1.70. The number of nitriles is 1. The van der Waals surface area contributed by atoms with E-state index in [-0.39, 0.29) is 12.1 Å². The molecule has 2 N–H and O–H groups in total. The number of nitrogens with zero attached hydrogens (tertiary/aromatic N) is 2. The highest BCUT2D eigenvalue weighted by Gasteiger charge is 2.22. The van der Waals surface area contributed by atoms with Crippen LogP contribution in [-0.2, 0) is 0 Å². The standard InChI is InChI=1S/C23H22N4O/c1-14(2)28-19-9-5-8-18(11-19)22-26-21-12-20(15(3)25-23(21)27-22)17-7-4-6-16(10-17)13-24/h4-12,14-15,25H,1-3H3,(H,26,27). The zero-order valence-corrected chi connectivity index (χ0v) is 16.2. The van der Waals surface area contributed by atoms with Crippen molar-refractivity contribution in [2.24, 2.45) is 0 Å². The number of hydrogen-bond donors (Lipinski definition) is 2. The van der Waals surface area contributed by atoms with Crippen molar-refractivity contribution in [3.8, 4) is 23.2 Å². The zero-order valence-electron chi connectivity index (χ0n) is 16.2. The van der Waals surface area contributed by atoms with Gasteiger partial charge >= 0.3 is 0 Å². The van der Waals surface area contributed by atoms with E-state index in [2.05, 4.69) is 29.4 Å². The van der Waals surface area contributed by atoms with E-state index in [0.29, 0.717) is 5.56 Å². The maximum Gasteiger partial charge on any atom is 0.152 e. The van der Waals surface area contributed by atoms with Crippen LogP contribution in [0.4, 0.5) is 5.82 Å². The van der Waals surface area contributed by atoms with Gasteiger partial charge in [-0.2, -0.15) is 5.26 Å². The summed E-state index contributed by atoms with van der Waals surface area (Å²) >= 11 is 0. The van der Waals surface area contributed by atoms with Crippen LogP contribution in [0.15, 0.2) is 48.5 Å². The van der Waals surface area contributed by atoms with Gasteiger partial charge in [0.2, 0.25) is 0 Å². The van der Waals surface area contributed by atoms with Crippen LogP contribution in [0.25, 0.3) is 23.0 Å². The van der Waals surface area contributed by atoms with Crippen LogP contribution >= 0.6 is 0 Å². The Morgan fingerprint density at radius 1 is 1.11 bits per heavy atom. The van der Waals surface area contributed by atoms with Gasteiger partial charge in [-0.25, -0.2) is 4.98 Å². The fraction of sp³-hybridized carbons (Fsp3) is 0.217. The van der Waals surface area contributed by atoms with Crippen molar-refractivity contribution in [3.05, 3.63) is 65.4 Å². The normalized spacial score (nSPS) is 15.4. The summed E-state index contributed by atoms with van der Waals surface area (Å²) in [6.45, 7) is 6.12. The van der Waals surface area contributed by atoms with Crippen LogP contribution in [0, 0.1) is 11.3 Å². The number of aromatic nitrogens is 2. The molecule has 1 aliphatic rings. The van der Waals surface area contributed by atoms with Crippen molar-refractivity contribution in [1.82, 2.24) is 9.97 Å². The molecule has 0 bridgehead atoms. The van der Waals surface area contributed by atoms with Crippen LogP contribution in [0.5, 0.6) is 5.75 Å². The van der Waals surface area contributed by atoms with Crippen molar-refractivity contribution in [2.45, 2.75) is 32.9 Å². The number of anilines is 1. The molecular weight excluding hydrogens is 348 g/mol. The number of benzene rings is 2. The summed E-state index contributed by atoms with van der Waals surface area (Å²) in [5.74, 6) is 2.45. The van der Waals surface area contributed by atoms with E-state index in [1.807, 2.05) is 62.4 Å². The molecule has 1 atom stereocenters. The molecule has 1 aliphatic heterocycles. The minimum atomic E-state index is 0.0909. The van der Waals surface area contributed by atoms with E-state index in [4.69, 9.17) is 9.72 Å². The Kier molecular flexibility index (Phi) is 4.62. The molecule has 3 aromatic rings. The smallest absolute Gasteiger partial charge is 0.152 e. The number of ether oxygens (including phenoxy) is 1. The van der Waals surface area contributed by atoms with Crippen molar-refractivity contribution < 1.29 is 4.74 Å². The predicted octanol–water partition coefficient (Wildman–Crippen LogP) is 5.09. The van der Waals surface area contributed by atoms with Gasteiger partial charge in [-0.05, 0) is 62.2 Å². The summed E-state index contributed by atoms with van der Waals surface area (Å²) in [7, 11) is 0. The molecule has 28 heavy (non-hydrogen) atoms. The molecule has 0 saturated carbocycles. The lowest BCUT2D eigenvalue weighted by Gasteiger charge is -2.22. The van der Waals surface area contributed by atoms with E-state index in [1.165, 1.54) is 0 Å². The molecule has 0 radical (unpaired) electrons. The fourth-order valence-electron chi connectivity index (χ4n) is 3.39. The largest absolute Gasteiger partial charge is 0.491 e. The molecule has 0 aliphatic carbocycles. The highest BCUT2D eigenvalue weighted by atomic mass is 16.5. The van der Waals surface area contributed by atoms with Crippen molar-refractivity contribution in [1.29, 1.82) is 5.26 Å². The number of H-pyrrole nitrogens is 1. The number of aromatic amines is 1. The number of nitrogens with one attached hydrogen (secondary N) is 2. The molecule has 5 nitrogen and oxygen atoms in total. The van der Waals surface area contributed by atoms with Crippen molar-refractivity contribution >= 4 is 17.5 Å². The van der Waals surface area contributed by atoms with Gasteiger partial charge in [0.25, 0.3) is 0 Å². The first-order chi connectivity index (χ1) is 13.5. The molecule has 0 spiro atoms. The van der Waals surface area contributed by atoms with E-state index in [1.54, 1.807) is 0 Å². The van der Waals surface area contributed by atoms with Crippen LogP contribution in [0.2, 0.25) is 0 Å². The first kappa shape index (κ1) is 17.9. The Hall–Kier alpha value is -3.52. The molecule has 4 rings (SSSR count). The fourth-order valence-corrected chi connectivity index (χ4v) is 3.39. The third-order valence-electron chi connectivity index (χ3n) is 4.66. The third-order valence-corrected chi connectivity index (χ3v) is 4.66. The van der Waals surface area contributed by atoms with Gasteiger partial charge in [0, 0.05) is 5.56 Å². The maximum atomic E-state index is 9.18. The number of rotatable bonds is 4. The second kappa shape index (κ2) is 7.24. The van der Waals surface area contributed by atoms with Crippen LogP contribution in [0.1, 0.15) is 37.6 Å². The average molecular weight is 370 g/mol. The van der Waals surface area contributed by atoms with Gasteiger partial charge in [-0.3, -0.25) is 0 Å². The lowest BCUT2D eigenvalue weighted by molar-refractivity contribution is 0.242. The lowest BCUT2D eigenvalue weighted by atomic mass is 9.95. The Bertz CT molecular complexity index is 1090. The molecule has 140 valence electrons. The molecule has 0 fully saturated rings. The van der Waals surface area contributed by atoms with Gasteiger partial charge in [0.15, 0.2) is 5.82 Å². The van der Waals surface area contributed by atoms with Gasteiger partial charge in [0.05, 0.1) is 29.5 Å². The maximum absolute atomic E-state index is 9.18. The number of imidazole rings is 1. The molecule has 2 aromatic carbocycles. The summed E-state index contributed by atoms with van der Waals surface area (Å²) in [5, 5.41) is 12.6. The van der Waals surface area contributed by atoms with Gasteiger partial charge in [-0.1, -0.05) is 24.3 Å². The minimum Gasteiger partial charge on any atom is -0.491 e. The van der Waals surface area contributed by atoms with Crippen LogP contribution < -0.4 is 10.1 Å². The summed E-state index contributed by atoms with van der Waals surface area (Å²) in [5.41, 5.74) is 4.72. The van der Waals surface area contributed by atoms with Crippen LogP contribution in [-0.4, -0.2) is 22.1 Å². The topological polar surface area (TPSA) is 73.7 Å². The summed E-state index contributed by atoms with van der Waals surface area (Å²) < 4.78 is 5.80. The van der Waals surface area contributed by atoms with Gasteiger partial charge in [-0.15, -0.1) is 0 Å². The minimum absolute atomic E-state index is 0.0909. The van der Waals surface area contributed by atoms with Gasteiger partial charge < -0.3 is 15.0 Å². The highest BCUT2D eigenvalue weighted by molar-refractivity contribution is 5.91. The summed E-state index contributed by atoms with van der Waals surface area (Å²) in [4.78, 5) is 8.14. The Morgan fingerprint density at radius 3 is 2.68 bits per heavy atom. The molecule has 0 saturated heterocycles. The van der Waals surface area contributed by atoms with Crippen LogP contribution in [0.3, 0.4) is 0 Å². The molecule has 2 heterocycles. The molecule has 0 amide bonds. The summed E-state index contributed by atoms with van der Waals surface area (Å²) in [6, 6.07) is 17.9. The lowest BCUT2D eigenvalue weighted by Crippen LogP contribution is -2.21. The second-order valence-electron chi connectivity index (χ2n) is 7.20. The van der Waals surface area contributed by atoms with Crippen molar-refractivity contribution in [3.63, 3.8) is 0 Å². The molecule has 1 aromatic heterocycles. The third kappa shape index (κ3) is 3.49. The number of fused-ring (bicyclic) bond motifs is 1. The first-order valence-electron chi connectivity index (χ1n) is 9.39. The second-order valence-corrected chi connectivity index (χ2v) is 7.20. The quantitative estimate of drug-likeness (QED) is 0.671. The number of hydrogen-bond acceptors (Lipinski definition) is 4. The van der Waals surface area contributed by atoms with Gasteiger partial charge in [0.1, 0.15) is 11.6 Å². The van der Waals surface area contributed by atoms with Crippen molar-refractivity contribution in [2.75, 3.05) is 5.32 Å². The Labute approximate surface area is 164 Å². The average Bonchev–Trinajstić information content (AvgIpc) is 3.10. The Morgan fingerprint density at radius 2 is 1.89 bits per heavy atom. The first-order valence-corrected chi connectivity index (χ1v) is 9.39. The monoisotopic (exact) mass is 370 g/mol. The molecule has 5 heteroatoms. The zero-order chi connectivity index (χ0) is 19.7. The SMILES string of the molecule is CC(C)Oc1cccc(-c2nc3c([nH]2)C=C(c2cccc(C#N)c2)C(C)N3)c1. The van der Waals surface area contributed by atoms with E-state index in [9.17, 15) is 5.26 Å². The van der Waals surface area contributed by atoms with E-state index in [0.717, 1.165) is 39.8 Å². The van der Waals surface area contributed by atoms with E-state index < -0.39 is 0 Å².